The van der Waals surface area contributed by atoms with Gasteiger partial charge in [0.25, 0.3) is 0 Å². The molecule has 2 aromatic carbocycles. The van der Waals surface area contributed by atoms with Gasteiger partial charge in [0.05, 0.1) is 10.8 Å². The third kappa shape index (κ3) is 4.37. The van der Waals surface area contributed by atoms with Gasteiger partial charge in [0.2, 0.25) is 15.9 Å². The molecule has 3 rings (SSSR count). The van der Waals surface area contributed by atoms with E-state index in [1.54, 1.807) is 17.0 Å². The van der Waals surface area contributed by atoms with Crippen LogP contribution >= 0.6 is 11.6 Å². The predicted molar refractivity (Wildman–Crippen MR) is 107 cm³/mol. The van der Waals surface area contributed by atoms with Crippen molar-refractivity contribution in [1.82, 2.24) is 4.31 Å². The van der Waals surface area contributed by atoms with E-state index in [1.165, 1.54) is 40.7 Å². The number of piperidine rings is 1. The average Bonchev–Trinajstić information content (AvgIpc) is 2.70. The summed E-state index contributed by atoms with van der Waals surface area (Å²) in [6, 6.07) is 11.7. The molecule has 1 fully saturated rings. The average molecular weight is 425 g/mol. The molecule has 1 saturated heterocycles. The Labute approximate surface area is 169 Å². The van der Waals surface area contributed by atoms with Gasteiger partial charge in [0.15, 0.2) is 0 Å². The second-order valence-corrected chi connectivity index (χ2v) is 9.09. The second kappa shape index (κ2) is 8.59. The van der Waals surface area contributed by atoms with Crippen molar-refractivity contribution in [3.05, 3.63) is 59.4 Å². The maximum Gasteiger partial charge on any atom is 0.243 e. The Morgan fingerprint density at radius 2 is 1.82 bits per heavy atom. The number of sulfonamides is 1. The molecule has 8 heteroatoms. The molecule has 1 aliphatic rings. The fourth-order valence-electron chi connectivity index (χ4n) is 3.43. The molecule has 28 heavy (non-hydrogen) atoms. The summed E-state index contributed by atoms with van der Waals surface area (Å²) < 4.78 is 40.4. The minimum absolute atomic E-state index is 0.126. The fraction of sp³-hybridized carbons (Fsp3) is 0.350. The smallest absolute Gasteiger partial charge is 0.243 e. The van der Waals surface area contributed by atoms with Crippen LogP contribution in [0.4, 0.5) is 10.1 Å². The summed E-state index contributed by atoms with van der Waals surface area (Å²) in [6.45, 7) is 2.76. The number of nitrogens with zero attached hydrogens (tertiary/aromatic N) is 2. The van der Waals surface area contributed by atoms with Crippen molar-refractivity contribution < 1.29 is 17.6 Å². The van der Waals surface area contributed by atoms with Crippen LogP contribution < -0.4 is 4.90 Å². The lowest BCUT2D eigenvalue weighted by atomic mass is 9.97. The van der Waals surface area contributed by atoms with Gasteiger partial charge in [-0.2, -0.15) is 4.31 Å². The summed E-state index contributed by atoms with van der Waals surface area (Å²) in [5.74, 6) is -0.962. The lowest BCUT2D eigenvalue weighted by molar-refractivity contribution is -0.123. The number of halogens is 2. The zero-order valence-corrected chi connectivity index (χ0v) is 17.1. The largest absolute Gasteiger partial charge is 0.312 e. The summed E-state index contributed by atoms with van der Waals surface area (Å²) in [5.41, 5.74) is 0.603. The van der Waals surface area contributed by atoms with E-state index in [2.05, 4.69) is 0 Å². The highest BCUT2D eigenvalue weighted by Crippen LogP contribution is 2.27. The normalized spacial score (nSPS) is 18.0. The molecule has 0 bridgehead atoms. The quantitative estimate of drug-likeness (QED) is 0.730. The zero-order chi connectivity index (χ0) is 20.3. The van der Waals surface area contributed by atoms with E-state index < -0.39 is 15.9 Å². The Morgan fingerprint density at radius 3 is 2.43 bits per heavy atom. The summed E-state index contributed by atoms with van der Waals surface area (Å²) in [5, 5.41) is 0.462. The van der Waals surface area contributed by atoms with Crippen LogP contribution in [-0.2, 0) is 14.8 Å². The van der Waals surface area contributed by atoms with Crippen LogP contribution in [0.25, 0.3) is 0 Å². The molecular formula is C20H22ClFN2O3S. The van der Waals surface area contributed by atoms with Gasteiger partial charge < -0.3 is 4.90 Å². The first-order chi connectivity index (χ1) is 13.3. The lowest BCUT2D eigenvalue weighted by Crippen LogP contribution is -2.46. The first-order valence-electron chi connectivity index (χ1n) is 9.15. The molecule has 0 radical (unpaired) electrons. The second-order valence-electron chi connectivity index (χ2n) is 6.72. The molecule has 0 aromatic heterocycles. The van der Waals surface area contributed by atoms with Gasteiger partial charge in [0.1, 0.15) is 5.82 Å². The number of anilines is 1. The fourth-order valence-corrected chi connectivity index (χ4v) is 5.07. The molecule has 150 valence electrons. The number of rotatable bonds is 5. The van der Waals surface area contributed by atoms with Crippen LogP contribution in [0.2, 0.25) is 5.02 Å². The Balaban J connectivity index is 1.79. The highest BCUT2D eigenvalue weighted by molar-refractivity contribution is 7.89. The first kappa shape index (κ1) is 20.8. The molecule has 0 N–H and O–H groups in total. The lowest BCUT2D eigenvalue weighted by Gasteiger charge is -2.34. The van der Waals surface area contributed by atoms with Crippen LogP contribution in [0, 0.1) is 11.7 Å². The number of hydrogen-bond acceptors (Lipinski definition) is 3. The van der Waals surface area contributed by atoms with E-state index >= 15 is 0 Å². The van der Waals surface area contributed by atoms with Gasteiger partial charge in [-0.25, -0.2) is 12.8 Å². The molecule has 0 saturated carbocycles. The SMILES string of the molecule is CCN(C(=O)C1CCCN(S(=O)(=O)c2ccc(Cl)cc2)C1)c1ccc(F)cc1. The Morgan fingerprint density at radius 1 is 1.18 bits per heavy atom. The molecule has 0 aliphatic carbocycles. The molecule has 0 spiro atoms. The summed E-state index contributed by atoms with van der Waals surface area (Å²) in [6.07, 6.45) is 1.22. The van der Waals surface area contributed by atoms with E-state index in [0.29, 0.717) is 36.6 Å². The third-order valence-electron chi connectivity index (χ3n) is 4.91. The molecule has 1 amide bonds. The van der Waals surface area contributed by atoms with E-state index in [-0.39, 0.29) is 23.2 Å². The van der Waals surface area contributed by atoms with Gasteiger partial charge in [-0.1, -0.05) is 11.6 Å². The number of benzene rings is 2. The summed E-state index contributed by atoms with van der Waals surface area (Å²) in [4.78, 5) is 14.8. The van der Waals surface area contributed by atoms with Crippen LogP contribution in [0.3, 0.4) is 0 Å². The first-order valence-corrected chi connectivity index (χ1v) is 11.0. The van der Waals surface area contributed by atoms with Crippen molar-refractivity contribution in [1.29, 1.82) is 0 Å². The maximum absolute atomic E-state index is 13.2. The Hall–Kier alpha value is -1.96. The molecule has 1 atom stereocenters. The Kier molecular flexibility index (Phi) is 6.37. The van der Waals surface area contributed by atoms with E-state index in [9.17, 15) is 17.6 Å². The van der Waals surface area contributed by atoms with Crippen LogP contribution in [0.1, 0.15) is 19.8 Å². The van der Waals surface area contributed by atoms with Gasteiger partial charge in [-0.3, -0.25) is 4.79 Å². The number of amides is 1. The summed E-state index contributed by atoms with van der Waals surface area (Å²) >= 11 is 5.85. The molecular weight excluding hydrogens is 403 g/mol. The van der Waals surface area contributed by atoms with Gasteiger partial charge in [0, 0.05) is 30.3 Å². The number of carbonyl (C=O) groups excluding carboxylic acids is 1. The van der Waals surface area contributed by atoms with Crippen molar-refractivity contribution >= 4 is 33.2 Å². The summed E-state index contributed by atoms with van der Waals surface area (Å²) in [7, 11) is -3.69. The van der Waals surface area contributed by atoms with Crippen LogP contribution in [-0.4, -0.2) is 38.3 Å². The third-order valence-corrected chi connectivity index (χ3v) is 7.04. The van der Waals surface area contributed by atoms with Gasteiger partial charge in [-0.15, -0.1) is 0 Å². The molecule has 1 heterocycles. The van der Waals surface area contributed by atoms with Crippen molar-refractivity contribution in [3.8, 4) is 0 Å². The molecule has 5 nitrogen and oxygen atoms in total. The minimum atomic E-state index is -3.69. The maximum atomic E-state index is 13.2. The topological polar surface area (TPSA) is 57.7 Å². The van der Waals surface area contributed by atoms with Crippen molar-refractivity contribution in [2.75, 3.05) is 24.5 Å². The number of hydrogen-bond donors (Lipinski definition) is 0. The van der Waals surface area contributed by atoms with Crippen LogP contribution in [0.5, 0.6) is 0 Å². The molecule has 1 aliphatic heterocycles. The van der Waals surface area contributed by atoms with Crippen molar-refractivity contribution in [2.24, 2.45) is 5.92 Å². The Bertz CT molecular complexity index is 933. The minimum Gasteiger partial charge on any atom is -0.312 e. The van der Waals surface area contributed by atoms with E-state index in [4.69, 9.17) is 11.6 Å². The highest BCUT2D eigenvalue weighted by Gasteiger charge is 2.35. The van der Waals surface area contributed by atoms with Gasteiger partial charge in [-0.05, 0) is 68.3 Å². The van der Waals surface area contributed by atoms with Crippen molar-refractivity contribution in [2.45, 2.75) is 24.7 Å². The molecule has 2 aromatic rings. The van der Waals surface area contributed by atoms with Crippen molar-refractivity contribution in [3.63, 3.8) is 0 Å². The van der Waals surface area contributed by atoms with E-state index in [0.717, 1.165) is 0 Å². The zero-order valence-electron chi connectivity index (χ0n) is 15.5. The predicted octanol–water partition coefficient (Wildman–Crippen LogP) is 3.93. The van der Waals surface area contributed by atoms with E-state index in [1.807, 2.05) is 6.92 Å². The van der Waals surface area contributed by atoms with Gasteiger partial charge >= 0.3 is 0 Å². The monoisotopic (exact) mass is 424 g/mol. The van der Waals surface area contributed by atoms with Crippen LogP contribution in [0.15, 0.2) is 53.4 Å². The standard InChI is InChI=1S/C20H22ClFN2O3S/c1-2-24(18-9-7-17(22)8-10-18)20(25)15-4-3-13-23(14-15)28(26,27)19-11-5-16(21)6-12-19/h5-12,15H,2-4,13-14H2,1H3. The number of carbonyl (C=O) groups is 1. The highest BCUT2D eigenvalue weighted by atomic mass is 35.5. The molecule has 1 unspecified atom stereocenters.